The molecule has 1 aromatic heterocycles. The van der Waals surface area contributed by atoms with E-state index < -0.39 is 0 Å². The molecule has 0 fully saturated rings. The molecule has 4 nitrogen and oxygen atoms in total. The SMILES string of the molecule is O=C(NCCc1ccc(F)cc1)c1ccccc1-c1ccc(Cn2cccn2)cc1. The molecule has 4 rings (SSSR count). The van der Waals surface area contributed by atoms with Crippen molar-refractivity contribution < 1.29 is 9.18 Å². The highest BCUT2D eigenvalue weighted by atomic mass is 19.1. The highest BCUT2D eigenvalue weighted by Crippen LogP contribution is 2.24. The highest BCUT2D eigenvalue weighted by molar-refractivity contribution is 6.00. The first-order valence-corrected chi connectivity index (χ1v) is 9.87. The van der Waals surface area contributed by atoms with Crippen LogP contribution in [0.1, 0.15) is 21.5 Å². The van der Waals surface area contributed by atoms with Crippen molar-refractivity contribution in [1.29, 1.82) is 0 Å². The summed E-state index contributed by atoms with van der Waals surface area (Å²) in [6, 6.07) is 24.0. The van der Waals surface area contributed by atoms with Crippen molar-refractivity contribution in [2.75, 3.05) is 6.54 Å². The van der Waals surface area contributed by atoms with E-state index in [1.165, 1.54) is 12.1 Å². The second kappa shape index (κ2) is 9.18. The number of nitrogens with zero attached hydrogens (tertiary/aromatic N) is 2. The van der Waals surface area contributed by atoms with Gasteiger partial charge in [0.05, 0.1) is 6.54 Å². The molecule has 0 aliphatic carbocycles. The molecule has 0 aliphatic rings. The Balaban J connectivity index is 1.43. The minimum absolute atomic E-state index is 0.117. The van der Waals surface area contributed by atoms with Gasteiger partial charge in [-0.25, -0.2) is 4.39 Å². The lowest BCUT2D eigenvalue weighted by Gasteiger charge is -2.11. The van der Waals surface area contributed by atoms with Crippen LogP contribution in [0.4, 0.5) is 4.39 Å². The summed E-state index contributed by atoms with van der Waals surface area (Å²) < 4.78 is 14.9. The molecule has 0 aliphatic heterocycles. The van der Waals surface area contributed by atoms with E-state index in [0.29, 0.717) is 25.1 Å². The van der Waals surface area contributed by atoms with Crippen LogP contribution in [0.5, 0.6) is 0 Å². The third-order valence-corrected chi connectivity index (χ3v) is 4.95. The summed E-state index contributed by atoms with van der Waals surface area (Å²) in [5.74, 6) is -0.374. The fourth-order valence-electron chi connectivity index (χ4n) is 3.37. The van der Waals surface area contributed by atoms with E-state index >= 15 is 0 Å². The molecule has 0 bridgehead atoms. The van der Waals surface area contributed by atoms with Gasteiger partial charge in [-0.1, -0.05) is 54.6 Å². The quantitative estimate of drug-likeness (QED) is 0.489. The zero-order chi connectivity index (χ0) is 20.8. The van der Waals surface area contributed by atoms with Gasteiger partial charge in [0, 0.05) is 24.5 Å². The third kappa shape index (κ3) is 4.81. The first-order valence-electron chi connectivity index (χ1n) is 9.87. The Morgan fingerprint density at radius 1 is 0.900 bits per heavy atom. The number of amides is 1. The average molecular weight is 399 g/mol. The van der Waals surface area contributed by atoms with Gasteiger partial charge in [-0.2, -0.15) is 5.10 Å². The van der Waals surface area contributed by atoms with Crippen LogP contribution in [-0.4, -0.2) is 22.2 Å². The lowest BCUT2D eigenvalue weighted by atomic mass is 9.98. The molecular formula is C25H22FN3O. The molecule has 0 spiro atoms. The van der Waals surface area contributed by atoms with Gasteiger partial charge in [0.25, 0.3) is 5.91 Å². The van der Waals surface area contributed by atoms with E-state index in [0.717, 1.165) is 22.3 Å². The monoisotopic (exact) mass is 399 g/mol. The predicted octanol–water partition coefficient (Wildman–Crippen LogP) is 4.71. The summed E-state index contributed by atoms with van der Waals surface area (Å²) in [5, 5.41) is 7.20. The molecule has 4 aromatic rings. The van der Waals surface area contributed by atoms with E-state index in [4.69, 9.17) is 0 Å². The van der Waals surface area contributed by atoms with Crippen LogP contribution in [0, 0.1) is 5.82 Å². The molecule has 1 heterocycles. The van der Waals surface area contributed by atoms with Crippen molar-refractivity contribution in [3.05, 3.63) is 114 Å². The Bertz CT molecular complexity index is 1100. The lowest BCUT2D eigenvalue weighted by Crippen LogP contribution is -2.26. The average Bonchev–Trinajstić information content (AvgIpc) is 3.29. The van der Waals surface area contributed by atoms with Gasteiger partial charge in [0.1, 0.15) is 5.82 Å². The Hall–Kier alpha value is -3.73. The summed E-state index contributed by atoms with van der Waals surface area (Å²) in [7, 11) is 0. The summed E-state index contributed by atoms with van der Waals surface area (Å²) in [6.45, 7) is 1.19. The van der Waals surface area contributed by atoms with Crippen molar-refractivity contribution in [2.45, 2.75) is 13.0 Å². The van der Waals surface area contributed by atoms with Gasteiger partial charge in [0.15, 0.2) is 0 Å². The molecule has 3 aromatic carbocycles. The standard InChI is InChI=1S/C25H22FN3O/c26-22-12-8-19(9-13-22)14-16-27-25(30)24-5-2-1-4-23(24)21-10-6-20(7-11-21)18-29-17-3-15-28-29/h1-13,15,17H,14,16,18H2,(H,27,30). The molecule has 0 unspecified atom stereocenters. The number of halogens is 1. The Kier molecular flexibility index (Phi) is 5.99. The van der Waals surface area contributed by atoms with Gasteiger partial charge >= 0.3 is 0 Å². The van der Waals surface area contributed by atoms with Gasteiger partial charge in [-0.3, -0.25) is 9.48 Å². The molecule has 0 radical (unpaired) electrons. The van der Waals surface area contributed by atoms with Crippen molar-refractivity contribution in [3.8, 4) is 11.1 Å². The molecule has 0 saturated heterocycles. The molecule has 0 atom stereocenters. The van der Waals surface area contributed by atoms with Gasteiger partial charge in [0.2, 0.25) is 0 Å². The van der Waals surface area contributed by atoms with Crippen LogP contribution in [0.2, 0.25) is 0 Å². The molecular weight excluding hydrogens is 377 g/mol. The third-order valence-electron chi connectivity index (χ3n) is 4.95. The van der Waals surface area contributed by atoms with E-state index in [9.17, 15) is 9.18 Å². The van der Waals surface area contributed by atoms with E-state index in [2.05, 4.69) is 22.5 Å². The summed E-state index contributed by atoms with van der Waals surface area (Å²) >= 11 is 0. The van der Waals surface area contributed by atoms with Crippen LogP contribution in [0.25, 0.3) is 11.1 Å². The number of carbonyl (C=O) groups excluding carboxylic acids is 1. The molecule has 0 saturated carbocycles. The Morgan fingerprint density at radius 3 is 2.37 bits per heavy atom. The van der Waals surface area contributed by atoms with Gasteiger partial charge < -0.3 is 5.32 Å². The molecule has 1 N–H and O–H groups in total. The number of hydrogen-bond donors (Lipinski definition) is 1. The van der Waals surface area contributed by atoms with E-state index in [1.807, 2.05) is 53.3 Å². The Morgan fingerprint density at radius 2 is 1.63 bits per heavy atom. The Labute approximate surface area is 175 Å². The predicted molar refractivity (Wildman–Crippen MR) is 116 cm³/mol. The molecule has 1 amide bonds. The maximum Gasteiger partial charge on any atom is 0.251 e. The molecule has 5 heteroatoms. The summed E-state index contributed by atoms with van der Waals surface area (Å²) in [4.78, 5) is 12.8. The number of nitrogens with one attached hydrogen (secondary N) is 1. The lowest BCUT2D eigenvalue weighted by molar-refractivity contribution is 0.0955. The summed E-state index contributed by atoms with van der Waals surface area (Å²) in [5.41, 5.74) is 4.64. The zero-order valence-electron chi connectivity index (χ0n) is 16.5. The first kappa shape index (κ1) is 19.6. The second-order valence-electron chi connectivity index (χ2n) is 7.08. The number of aromatic nitrogens is 2. The van der Waals surface area contributed by atoms with Crippen molar-refractivity contribution in [3.63, 3.8) is 0 Å². The van der Waals surface area contributed by atoms with Crippen LogP contribution in [0.15, 0.2) is 91.3 Å². The largest absolute Gasteiger partial charge is 0.352 e. The topological polar surface area (TPSA) is 46.9 Å². The normalized spacial score (nSPS) is 10.7. The molecule has 30 heavy (non-hydrogen) atoms. The molecule has 150 valence electrons. The number of hydrogen-bond acceptors (Lipinski definition) is 2. The fraction of sp³-hybridized carbons (Fsp3) is 0.120. The smallest absolute Gasteiger partial charge is 0.251 e. The van der Waals surface area contributed by atoms with Gasteiger partial charge in [-0.05, 0) is 52.9 Å². The van der Waals surface area contributed by atoms with Crippen LogP contribution >= 0.6 is 0 Å². The fourth-order valence-corrected chi connectivity index (χ4v) is 3.37. The number of rotatable bonds is 7. The minimum atomic E-state index is -0.257. The van der Waals surface area contributed by atoms with E-state index in [-0.39, 0.29) is 11.7 Å². The highest BCUT2D eigenvalue weighted by Gasteiger charge is 2.12. The first-order chi connectivity index (χ1) is 14.7. The van der Waals surface area contributed by atoms with Gasteiger partial charge in [-0.15, -0.1) is 0 Å². The summed E-state index contributed by atoms with van der Waals surface area (Å²) in [6.07, 6.45) is 4.34. The van der Waals surface area contributed by atoms with Crippen molar-refractivity contribution >= 4 is 5.91 Å². The van der Waals surface area contributed by atoms with Crippen LogP contribution in [0.3, 0.4) is 0 Å². The maximum absolute atomic E-state index is 13.0. The number of carbonyl (C=O) groups is 1. The van der Waals surface area contributed by atoms with Crippen LogP contribution in [-0.2, 0) is 13.0 Å². The number of benzene rings is 3. The van der Waals surface area contributed by atoms with Crippen molar-refractivity contribution in [1.82, 2.24) is 15.1 Å². The van der Waals surface area contributed by atoms with Crippen molar-refractivity contribution in [2.24, 2.45) is 0 Å². The van der Waals surface area contributed by atoms with E-state index in [1.54, 1.807) is 18.3 Å². The maximum atomic E-state index is 13.0. The minimum Gasteiger partial charge on any atom is -0.352 e. The second-order valence-corrected chi connectivity index (χ2v) is 7.08. The van der Waals surface area contributed by atoms with Crippen LogP contribution < -0.4 is 5.32 Å². The zero-order valence-corrected chi connectivity index (χ0v) is 16.5.